The SMILES string of the molecule is CC(=O)C(CSC(C)C)NC(=O)C(C)(C)S. The fraction of sp³-hybridized carbons (Fsp3) is 0.818. The number of Topliss-reactive ketones (excluding diaryl/α,β-unsaturated/α-hetero) is 1. The molecule has 0 aromatic carbocycles. The molecular formula is C11H21NO2S2. The lowest BCUT2D eigenvalue weighted by Gasteiger charge is -2.22. The van der Waals surface area contributed by atoms with Crippen molar-refractivity contribution in [3.63, 3.8) is 0 Å². The van der Waals surface area contributed by atoms with Crippen LogP contribution < -0.4 is 5.32 Å². The number of hydrogen-bond acceptors (Lipinski definition) is 4. The Morgan fingerprint density at radius 3 is 2.19 bits per heavy atom. The number of nitrogens with one attached hydrogen (secondary N) is 1. The van der Waals surface area contributed by atoms with Crippen molar-refractivity contribution in [2.75, 3.05) is 5.75 Å². The standard InChI is InChI=1S/C11H21NO2S2/c1-7(2)16-6-9(8(3)13)12-10(14)11(4,5)15/h7,9,15H,6H2,1-5H3,(H,12,14). The van der Waals surface area contributed by atoms with Gasteiger partial charge in [-0.05, 0) is 26.0 Å². The van der Waals surface area contributed by atoms with Gasteiger partial charge in [0.05, 0.1) is 10.8 Å². The van der Waals surface area contributed by atoms with Gasteiger partial charge in [0.1, 0.15) is 0 Å². The average Bonchev–Trinajstić information content (AvgIpc) is 2.09. The zero-order chi connectivity index (χ0) is 12.9. The molecule has 0 saturated carbocycles. The van der Waals surface area contributed by atoms with Crippen LogP contribution in [0.4, 0.5) is 0 Å². The number of carbonyl (C=O) groups is 2. The lowest BCUT2D eigenvalue weighted by Crippen LogP contribution is -2.48. The van der Waals surface area contributed by atoms with Gasteiger partial charge in [0.25, 0.3) is 0 Å². The first kappa shape index (κ1) is 15.8. The summed E-state index contributed by atoms with van der Waals surface area (Å²) in [5.74, 6) is 0.391. The molecule has 0 fully saturated rings. The topological polar surface area (TPSA) is 46.2 Å². The predicted molar refractivity (Wildman–Crippen MR) is 73.3 cm³/mol. The molecule has 0 spiro atoms. The van der Waals surface area contributed by atoms with Crippen LogP contribution in [0.2, 0.25) is 0 Å². The number of ketones is 1. The van der Waals surface area contributed by atoms with Crippen LogP contribution >= 0.6 is 24.4 Å². The van der Waals surface area contributed by atoms with E-state index in [9.17, 15) is 9.59 Å². The van der Waals surface area contributed by atoms with E-state index in [1.807, 2.05) is 0 Å². The molecule has 1 amide bonds. The van der Waals surface area contributed by atoms with Crippen LogP contribution in [0.5, 0.6) is 0 Å². The van der Waals surface area contributed by atoms with Gasteiger partial charge in [-0.25, -0.2) is 0 Å². The Bertz CT molecular complexity index is 259. The smallest absolute Gasteiger partial charge is 0.236 e. The van der Waals surface area contributed by atoms with Crippen LogP contribution in [0.25, 0.3) is 0 Å². The van der Waals surface area contributed by atoms with E-state index in [1.54, 1.807) is 25.6 Å². The van der Waals surface area contributed by atoms with Gasteiger partial charge in [-0.15, -0.1) is 0 Å². The monoisotopic (exact) mass is 263 g/mol. The normalized spacial score (nSPS) is 13.7. The first-order valence-electron chi connectivity index (χ1n) is 5.30. The predicted octanol–water partition coefficient (Wildman–Crippen LogP) is 1.91. The molecule has 0 aliphatic heterocycles. The van der Waals surface area contributed by atoms with Crippen LogP contribution in [0.15, 0.2) is 0 Å². The van der Waals surface area contributed by atoms with Crippen molar-refractivity contribution in [1.82, 2.24) is 5.32 Å². The summed E-state index contributed by atoms with van der Waals surface area (Å²) in [6, 6.07) is -0.411. The molecule has 0 saturated heterocycles. The highest BCUT2D eigenvalue weighted by molar-refractivity contribution is 7.99. The van der Waals surface area contributed by atoms with Gasteiger partial charge < -0.3 is 5.32 Å². The first-order chi connectivity index (χ1) is 7.14. The minimum atomic E-state index is -0.754. The van der Waals surface area contributed by atoms with Crippen molar-refractivity contribution in [3.8, 4) is 0 Å². The van der Waals surface area contributed by atoms with Crippen molar-refractivity contribution in [2.45, 2.75) is 50.7 Å². The minimum Gasteiger partial charge on any atom is -0.344 e. The lowest BCUT2D eigenvalue weighted by molar-refractivity contribution is -0.127. The summed E-state index contributed by atoms with van der Waals surface area (Å²) >= 11 is 5.83. The number of hydrogen-bond donors (Lipinski definition) is 2. The summed E-state index contributed by atoms with van der Waals surface area (Å²) in [5.41, 5.74) is 0. The fourth-order valence-electron chi connectivity index (χ4n) is 0.884. The number of thioether (sulfide) groups is 1. The lowest BCUT2D eigenvalue weighted by atomic mass is 10.1. The van der Waals surface area contributed by atoms with E-state index >= 15 is 0 Å². The highest BCUT2D eigenvalue weighted by Crippen LogP contribution is 2.14. The summed E-state index contributed by atoms with van der Waals surface area (Å²) in [6.07, 6.45) is 0. The second-order valence-corrected chi connectivity index (χ2v) is 7.31. The molecule has 1 unspecified atom stereocenters. The van der Waals surface area contributed by atoms with Gasteiger partial charge in [-0.3, -0.25) is 9.59 Å². The summed E-state index contributed by atoms with van der Waals surface area (Å²) in [7, 11) is 0. The van der Waals surface area contributed by atoms with Crippen molar-refractivity contribution in [2.24, 2.45) is 0 Å². The van der Waals surface area contributed by atoms with E-state index < -0.39 is 10.8 Å². The molecule has 0 radical (unpaired) electrons. The molecule has 5 heteroatoms. The van der Waals surface area contributed by atoms with Gasteiger partial charge in [0.15, 0.2) is 5.78 Å². The molecule has 3 nitrogen and oxygen atoms in total. The number of thiol groups is 1. The number of amides is 1. The van der Waals surface area contributed by atoms with E-state index in [-0.39, 0.29) is 11.7 Å². The molecule has 0 aromatic rings. The van der Waals surface area contributed by atoms with Crippen LogP contribution in [0.3, 0.4) is 0 Å². The highest BCUT2D eigenvalue weighted by atomic mass is 32.2. The highest BCUT2D eigenvalue weighted by Gasteiger charge is 2.26. The molecule has 0 bridgehead atoms. The summed E-state index contributed by atoms with van der Waals surface area (Å²) < 4.78 is -0.754. The first-order valence-corrected chi connectivity index (χ1v) is 6.79. The molecule has 0 aliphatic carbocycles. The number of rotatable bonds is 6. The molecule has 0 aliphatic rings. The maximum Gasteiger partial charge on any atom is 0.236 e. The van der Waals surface area contributed by atoms with Gasteiger partial charge in [-0.1, -0.05) is 13.8 Å². The Hall–Kier alpha value is -0.160. The molecule has 0 heterocycles. The van der Waals surface area contributed by atoms with Gasteiger partial charge in [-0.2, -0.15) is 24.4 Å². The van der Waals surface area contributed by atoms with E-state index in [0.29, 0.717) is 11.0 Å². The molecule has 94 valence electrons. The number of carbonyl (C=O) groups excluding carboxylic acids is 2. The van der Waals surface area contributed by atoms with Gasteiger partial charge in [0, 0.05) is 5.75 Å². The zero-order valence-electron chi connectivity index (χ0n) is 10.5. The maximum absolute atomic E-state index is 11.7. The maximum atomic E-state index is 11.7. The van der Waals surface area contributed by atoms with Crippen molar-refractivity contribution < 1.29 is 9.59 Å². The average molecular weight is 263 g/mol. The third-order valence-corrected chi connectivity index (χ3v) is 3.34. The van der Waals surface area contributed by atoms with Crippen molar-refractivity contribution >= 4 is 36.1 Å². The summed E-state index contributed by atoms with van der Waals surface area (Å²) in [4.78, 5) is 23.0. The van der Waals surface area contributed by atoms with E-state index in [2.05, 4.69) is 31.8 Å². The largest absolute Gasteiger partial charge is 0.344 e. The Morgan fingerprint density at radius 1 is 1.38 bits per heavy atom. The molecule has 0 rings (SSSR count). The third kappa shape index (κ3) is 6.43. The molecule has 0 aromatic heterocycles. The summed E-state index contributed by atoms with van der Waals surface area (Å²) in [6.45, 7) is 9.03. The second kappa shape index (κ2) is 6.55. The zero-order valence-corrected chi connectivity index (χ0v) is 12.2. The fourth-order valence-corrected chi connectivity index (χ4v) is 1.84. The van der Waals surface area contributed by atoms with Crippen molar-refractivity contribution in [3.05, 3.63) is 0 Å². The molecule has 1 atom stereocenters. The minimum absolute atomic E-state index is 0.0147. The second-order valence-electron chi connectivity index (χ2n) is 4.58. The van der Waals surface area contributed by atoms with E-state index in [4.69, 9.17) is 0 Å². The van der Waals surface area contributed by atoms with Crippen molar-refractivity contribution in [1.29, 1.82) is 0 Å². The van der Waals surface area contributed by atoms with Gasteiger partial charge >= 0.3 is 0 Å². The van der Waals surface area contributed by atoms with Crippen LogP contribution in [-0.2, 0) is 9.59 Å². The van der Waals surface area contributed by atoms with Crippen LogP contribution in [0, 0.1) is 0 Å². The Kier molecular flexibility index (Phi) is 6.48. The third-order valence-electron chi connectivity index (χ3n) is 1.95. The molecular weight excluding hydrogens is 242 g/mol. The quantitative estimate of drug-likeness (QED) is 0.720. The molecule has 1 N–H and O–H groups in total. The Morgan fingerprint density at radius 2 is 1.88 bits per heavy atom. The van der Waals surface area contributed by atoms with Gasteiger partial charge in [0.2, 0.25) is 5.91 Å². The summed E-state index contributed by atoms with van der Waals surface area (Å²) in [5, 5.41) is 3.17. The molecule has 16 heavy (non-hydrogen) atoms. The van der Waals surface area contributed by atoms with E-state index in [1.165, 1.54) is 6.92 Å². The van der Waals surface area contributed by atoms with E-state index in [0.717, 1.165) is 0 Å². The Balaban J connectivity index is 4.35. The van der Waals surface area contributed by atoms with Crippen LogP contribution in [-0.4, -0.2) is 33.5 Å². The van der Waals surface area contributed by atoms with Crippen LogP contribution in [0.1, 0.15) is 34.6 Å². The Labute approximate surface area is 108 Å².